The third kappa shape index (κ3) is 4.22. The van der Waals surface area contributed by atoms with Crippen molar-refractivity contribution in [3.05, 3.63) is 69.8 Å². The van der Waals surface area contributed by atoms with Crippen LogP contribution in [0.4, 0.5) is 18.9 Å². The van der Waals surface area contributed by atoms with Gasteiger partial charge in [0.05, 0.1) is 22.9 Å². The maximum Gasteiger partial charge on any atom is 0.416 e. The molecule has 0 aliphatic carbocycles. The molecule has 4 rings (SSSR count). The number of hydrogen-bond donors (Lipinski definition) is 1. The Morgan fingerprint density at radius 2 is 1.93 bits per heavy atom. The van der Waals surface area contributed by atoms with Crippen LogP contribution >= 0.6 is 0 Å². The predicted octanol–water partition coefficient (Wildman–Crippen LogP) is 4.32. The average Bonchev–Trinajstić information content (AvgIpc) is 2.94. The zero-order chi connectivity index (χ0) is 21.3. The van der Waals surface area contributed by atoms with E-state index < -0.39 is 17.6 Å². The van der Waals surface area contributed by atoms with Gasteiger partial charge in [0.15, 0.2) is 0 Å². The van der Waals surface area contributed by atoms with Crippen LogP contribution in [0.1, 0.15) is 36.2 Å². The molecular formula is C22H20F3N3O2. The van der Waals surface area contributed by atoms with Crippen molar-refractivity contribution in [3.63, 3.8) is 0 Å². The highest BCUT2D eigenvalue weighted by atomic mass is 19.4. The molecule has 1 N–H and O–H groups in total. The van der Waals surface area contributed by atoms with E-state index in [1.165, 1.54) is 12.1 Å². The summed E-state index contributed by atoms with van der Waals surface area (Å²) in [4.78, 5) is 29.8. The zero-order valence-electron chi connectivity index (χ0n) is 16.1. The van der Waals surface area contributed by atoms with E-state index in [0.29, 0.717) is 23.1 Å². The Balaban J connectivity index is 1.56. The Bertz CT molecular complexity index is 1170. The lowest BCUT2D eigenvalue weighted by molar-refractivity contribution is -0.137. The first-order valence-electron chi connectivity index (χ1n) is 9.81. The van der Waals surface area contributed by atoms with Gasteiger partial charge < -0.3 is 5.32 Å². The first-order valence-corrected chi connectivity index (χ1v) is 9.81. The molecule has 0 unspecified atom stereocenters. The second kappa shape index (κ2) is 7.93. The van der Waals surface area contributed by atoms with Crippen LogP contribution in [0.15, 0.2) is 47.3 Å². The highest BCUT2D eigenvalue weighted by molar-refractivity contribution is 5.94. The third-order valence-electron chi connectivity index (χ3n) is 5.22. The zero-order valence-corrected chi connectivity index (χ0v) is 16.1. The minimum Gasteiger partial charge on any atom is -0.326 e. The van der Waals surface area contributed by atoms with Crippen molar-refractivity contribution in [1.82, 2.24) is 9.55 Å². The van der Waals surface area contributed by atoms with Gasteiger partial charge in [-0.05, 0) is 42.7 Å². The molecule has 0 saturated carbocycles. The Kier molecular flexibility index (Phi) is 5.32. The maximum absolute atomic E-state index is 12.9. The van der Waals surface area contributed by atoms with Crippen LogP contribution in [0.5, 0.6) is 0 Å². The van der Waals surface area contributed by atoms with Gasteiger partial charge in [-0.15, -0.1) is 0 Å². The quantitative estimate of drug-likeness (QED) is 0.693. The second-order valence-corrected chi connectivity index (χ2v) is 7.45. The molecule has 0 spiro atoms. The lowest BCUT2D eigenvalue weighted by atomic mass is 10.1. The van der Waals surface area contributed by atoms with Crippen LogP contribution in [0, 0.1) is 0 Å². The van der Waals surface area contributed by atoms with E-state index in [1.807, 2.05) is 0 Å². The molecule has 1 aromatic heterocycles. The summed E-state index contributed by atoms with van der Waals surface area (Å²) in [6.07, 6.45) is -0.923. The minimum atomic E-state index is -4.46. The summed E-state index contributed by atoms with van der Waals surface area (Å²) in [6.45, 7) is 0.628. The standard InChI is InChI=1S/C22H20F3N3O2/c23-22(24,25)15-6-4-5-14(11-15)12-20(29)26-16-8-9-18-17(13-16)21(30)28-10-3-1-2-7-19(28)27-18/h4-6,8-9,11,13H,1-3,7,10,12H2,(H,26,29). The molecule has 1 aliphatic heterocycles. The number of alkyl halides is 3. The molecule has 1 amide bonds. The van der Waals surface area contributed by atoms with Crippen LogP contribution in [0.2, 0.25) is 0 Å². The fraction of sp³-hybridized carbons (Fsp3) is 0.318. The molecule has 30 heavy (non-hydrogen) atoms. The molecule has 5 nitrogen and oxygen atoms in total. The molecule has 2 aromatic carbocycles. The second-order valence-electron chi connectivity index (χ2n) is 7.45. The van der Waals surface area contributed by atoms with Gasteiger partial charge in [-0.3, -0.25) is 14.2 Å². The van der Waals surface area contributed by atoms with E-state index in [0.717, 1.165) is 43.6 Å². The number of aryl methyl sites for hydroxylation is 1. The highest BCUT2D eigenvalue weighted by Crippen LogP contribution is 2.29. The molecule has 2 heterocycles. The summed E-state index contributed by atoms with van der Waals surface area (Å²) < 4.78 is 40.2. The van der Waals surface area contributed by atoms with Crippen molar-refractivity contribution in [2.75, 3.05) is 5.32 Å². The average molecular weight is 415 g/mol. The Morgan fingerprint density at radius 3 is 2.73 bits per heavy atom. The first-order chi connectivity index (χ1) is 14.3. The fourth-order valence-corrected chi connectivity index (χ4v) is 3.74. The fourth-order valence-electron chi connectivity index (χ4n) is 3.74. The van der Waals surface area contributed by atoms with Gasteiger partial charge in [0.25, 0.3) is 5.56 Å². The minimum absolute atomic E-state index is 0.133. The number of carbonyl (C=O) groups is 1. The van der Waals surface area contributed by atoms with E-state index in [9.17, 15) is 22.8 Å². The van der Waals surface area contributed by atoms with Gasteiger partial charge in [0, 0.05) is 18.7 Å². The van der Waals surface area contributed by atoms with Gasteiger partial charge in [0.2, 0.25) is 5.91 Å². The number of halogens is 3. The Hall–Kier alpha value is -3.16. The summed E-state index contributed by atoms with van der Waals surface area (Å²) in [5, 5.41) is 3.08. The molecule has 0 radical (unpaired) electrons. The molecule has 0 fully saturated rings. The number of carbonyl (C=O) groups excluding carboxylic acids is 1. The monoisotopic (exact) mass is 415 g/mol. The topological polar surface area (TPSA) is 64.0 Å². The summed E-state index contributed by atoms with van der Waals surface area (Å²) in [7, 11) is 0. The SMILES string of the molecule is O=C(Cc1cccc(C(F)(F)F)c1)Nc1ccc2nc3n(c(=O)c2c1)CCCCC3. The van der Waals surface area contributed by atoms with Gasteiger partial charge in [0.1, 0.15) is 5.82 Å². The molecule has 8 heteroatoms. The Morgan fingerprint density at radius 1 is 1.10 bits per heavy atom. The first kappa shape index (κ1) is 20.1. The molecule has 156 valence electrons. The lowest BCUT2D eigenvalue weighted by Crippen LogP contribution is -2.24. The van der Waals surface area contributed by atoms with Crippen LogP contribution < -0.4 is 10.9 Å². The number of rotatable bonds is 3. The lowest BCUT2D eigenvalue weighted by Gasteiger charge is -2.12. The molecule has 3 aromatic rings. The maximum atomic E-state index is 12.9. The molecule has 0 bridgehead atoms. The van der Waals surface area contributed by atoms with Crippen LogP contribution in [-0.2, 0) is 30.4 Å². The van der Waals surface area contributed by atoms with E-state index in [-0.39, 0.29) is 17.5 Å². The number of benzene rings is 2. The van der Waals surface area contributed by atoms with Crippen LogP contribution in [0.25, 0.3) is 10.9 Å². The van der Waals surface area contributed by atoms with Gasteiger partial charge in [-0.25, -0.2) is 4.98 Å². The van der Waals surface area contributed by atoms with Gasteiger partial charge in [-0.1, -0.05) is 24.6 Å². The summed E-state index contributed by atoms with van der Waals surface area (Å²) in [5.41, 5.74) is 0.316. The number of hydrogen-bond acceptors (Lipinski definition) is 3. The highest BCUT2D eigenvalue weighted by Gasteiger charge is 2.30. The molecule has 0 atom stereocenters. The summed E-state index contributed by atoms with van der Waals surface area (Å²) >= 11 is 0. The van der Waals surface area contributed by atoms with Gasteiger partial charge >= 0.3 is 6.18 Å². The van der Waals surface area contributed by atoms with Crippen molar-refractivity contribution < 1.29 is 18.0 Å². The largest absolute Gasteiger partial charge is 0.416 e. The third-order valence-corrected chi connectivity index (χ3v) is 5.22. The smallest absolute Gasteiger partial charge is 0.326 e. The predicted molar refractivity (Wildman–Crippen MR) is 107 cm³/mol. The van der Waals surface area contributed by atoms with Crippen molar-refractivity contribution in [1.29, 1.82) is 0 Å². The number of anilines is 1. The number of amides is 1. The van der Waals surface area contributed by atoms with Crippen molar-refractivity contribution in [3.8, 4) is 0 Å². The van der Waals surface area contributed by atoms with E-state index in [1.54, 1.807) is 22.8 Å². The van der Waals surface area contributed by atoms with Crippen LogP contribution in [-0.4, -0.2) is 15.5 Å². The van der Waals surface area contributed by atoms with Crippen LogP contribution in [0.3, 0.4) is 0 Å². The normalized spacial score (nSPS) is 14.2. The van der Waals surface area contributed by atoms with E-state index in [4.69, 9.17) is 0 Å². The number of nitrogens with zero attached hydrogens (tertiary/aromatic N) is 2. The van der Waals surface area contributed by atoms with E-state index >= 15 is 0 Å². The molecule has 0 saturated heterocycles. The number of fused-ring (bicyclic) bond motifs is 2. The molecular weight excluding hydrogens is 395 g/mol. The van der Waals surface area contributed by atoms with Gasteiger partial charge in [-0.2, -0.15) is 13.2 Å². The summed E-state index contributed by atoms with van der Waals surface area (Å²) in [5.74, 6) is 0.322. The number of nitrogens with one attached hydrogen (secondary N) is 1. The van der Waals surface area contributed by atoms with Crippen molar-refractivity contribution >= 4 is 22.5 Å². The summed E-state index contributed by atoms with van der Waals surface area (Å²) in [6, 6.07) is 9.59. The Labute approximate surface area is 170 Å². The van der Waals surface area contributed by atoms with Crippen molar-refractivity contribution in [2.24, 2.45) is 0 Å². The molecule has 1 aliphatic rings. The van der Waals surface area contributed by atoms with Crippen molar-refractivity contribution in [2.45, 2.75) is 44.8 Å². The number of aromatic nitrogens is 2. The van der Waals surface area contributed by atoms with E-state index in [2.05, 4.69) is 10.3 Å².